The number of aromatic amines is 1. The Morgan fingerprint density at radius 3 is 2.41 bits per heavy atom. The molecular formula is C10H8F2N4O. The van der Waals surface area contributed by atoms with E-state index >= 15 is 0 Å². The van der Waals surface area contributed by atoms with Crippen LogP contribution < -0.4 is 5.73 Å². The number of aromatic nitrogens is 3. The van der Waals surface area contributed by atoms with Crippen molar-refractivity contribution < 1.29 is 13.6 Å². The molecule has 1 aromatic carbocycles. The van der Waals surface area contributed by atoms with Crippen LogP contribution in [0.2, 0.25) is 0 Å². The maximum atomic E-state index is 12.3. The zero-order valence-electron chi connectivity index (χ0n) is 8.52. The summed E-state index contributed by atoms with van der Waals surface area (Å²) in [5.74, 6) is -0.730. The summed E-state index contributed by atoms with van der Waals surface area (Å²) in [7, 11) is 0. The number of nitrogens with one attached hydrogen (secondary N) is 1. The minimum atomic E-state index is -2.53. The second-order valence-electron chi connectivity index (χ2n) is 3.31. The summed E-state index contributed by atoms with van der Waals surface area (Å²) in [6.07, 6.45) is -2.53. The van der Waals surface area contributed by atoms with E-state index in [1.165, 1.54) is 24.3 Å². The van der Waals surface area contributed by atoms with E-state index in [-0.39, 0.29) is 17.0 Å². The molecule has 0 saturated carbocycles. The third-order valence-corrected chi connectivity index (χ3v) is 2.22. The fourth-order valence-corrected chi connectivity index (χ4v) is 1.39. The minimum absolute atomic E-state index is 0.0187. The van der Waals surface area contributed by atoms with Crippen LogP contribution in [0.15, 0.2) is 24.3 Å². The summed E-state index contributed by atoms with van der Waals surface area (Å²) in [6.45, 7) is 0. The second kappa shape index (κ2) is 4.28. The predicted molar refractivity (Wildman–Crippen MR) is 55.3 cm³/mol. The SMILES string of the molecule is NC(=O)c1n[nH]nc1-c1ccc(C(F)F)cc1. The molecule has 0 fully saturated rings. The lowest BCUT2D eigenvalue weighted by atomic mass is 10.1. The van der Waals surface area contributed by atoms with Crippen LogP contribution in [0.5, 0.6) is 0 Å². The summed E-state index contributed by atoms with van der Waals surface area (Å²) in [4.78, 5) is 11.0. The molecule has 0 aliphatic heterocycles. The molecule has 88 valence electrons. The summed E-state index contributed by atoms with van der Waals surface area (Å²) in [5.41, 5.74) is 5.72. The van der Waals surface area contributed by atoms with Gasteiger partial charge in [-0.3, -0.25) is 4.79 Å². The maximum Gasteiger partial charge on any atom is 0.271 e. The number of hydrogen-bond donors (Lipinski definition) is 2. The molecule has 0 bridgehead atoms. The number of carbonyl (C=O) groups excluding carboxylic acids is 1. The predicted octanol–water partition coefficient (Wildman–Crippen LogP) is 1.51. The van der Waals surface area contributed by atoms with Crippen molar-refractivity contribution >= 4 is 5.91 Å². The molecule has 0 atom stereocenters. The third-order valence-electron chi connectivity index (χ3n) is 2.22. The number of rotatable bonds is 3. The average molecular weight is 238 g/mol. The summed E-state index contributed by atoms with van der Waals surface area (Å²) < 4.78 is 24.7. The van der Waals surface area contributed by atoms with Gasteiger partial charge in [0.1, 0.15) is 5.69 Å². The Bertz CT molecular complexity index is 535. The lowest BCUT2D eigenvalue weighted by Gasteiger charge is -2.01. The standard InChI is InChI=1S/C10H8F2N4O/c11-9(12)6-3-1-5(2-4-6)7-8(10(13)17)15-16-14-7/h1-4,9H,(H2,13,17)(H,14,15,16). The normalized spacial score (nSPS) is 10.8. The summed E-state index contributed by atoms with van der Waals surface area (Å²) in [6, 6.07) is 5.40. The zero-order valence-corrected chi connectivity index (χ0v) is 8.52. The van der Waals surface area contributed by atoms with E-state index < -0.39 is 12.3 Å². The van der Waals surface area contributed by atoms with Crippen LogP contribution in [0.4, 0.5) is 8.78 Å². The molecule has 1 heterocycles. The van der Waals surface area contributed by atoms with Gasteiger partial charge in [0.15, 0.2) is 5.69 Å². The summed E-state index contributed by atoms with van der Waals surface area (Å²) in [5, 5.41) is 9.62. The molecule has 2 aromatic rings. The van der Waals surface area contributed by atoms with Crippen LogP contribution in [-0.4, -0.2) is 21.3 Å². The first-order chi connectivity index (χ1) is 8.09. The number of carbonyl (C=O) groups is 1. The van der Waals surface area contributed by atoms with Crippen LogP contribution >= 0.6 is 0 Å². The highest BCUT2D eigenvalue weighted by atomic mass is 19.3. The quantitative estimate of drug-likeness (QED) is 0.849. The molecule has 7 heteroatoms. The highest BCUT2D eigenvalue weighted by Crippen LogP contribution is 2.24. The van der Waals surface area contributed by atoms with E-state index in [0.717, 1.165) is 0 Å². The van der Waals surface area contributed by atoms with Gasteiger partial charge in [-0.05, 0) is 0 Å². The molecule has 5 nitrogen and oxygen atoms in total. The first-order valence-corrected chi connectivity index (χ1v) is 4.68. The number of amides is 1. The zero-order chi connectivity index (χ0) is 12.4. The number of H-pyrrole nitrogens is 1. The number of nitrogens with zero attached hydrogens (tertiary/aromatic N) is 2. The lowest BCUT2D eigenvalue weighted by molar-refractivity contribution is 0.0996. The monoisotopic (exact) mass is 238 g/mol. The summed E-state index contributed by atoms with van der Waals surface area (Å²) >= 11 is 0. The molecule has 2 rings (SSSR count). The van der Waals surface area contributed by atoms with Crippen LogP contribution in [0.1, 0.15) is 22.5 Å². The van der Waals surface area contributed by atoms with Crippen molar-refractivity contribution in [2.45, 2.75) is 6.43 Å². The molecule has 0 saturated heterocycles. The number of primary amides is 1. The van der Waals surface area contributed by atoms with Crippen molar-refractivity contribution in [1.29, 1.82) is 0 Å². The van der Waals surface area contributed by atoms with Crippen molar-refractivity contribution in [1.82, 2.24) is 15.4 Å². The number of halogens is 2. The van der Waals surface area contributed by atoms with Gasteiger partial charge in [-0.25, -0.2) is 8.78 Å². The van der Waals surface area contributed by atoms with Crippen molar-refractivity contribution in [3.05, 3.63) is 35.5 Å². The Kier molecular flexibility index (Phi) is 2.82. The van der Waals surface area contributed by atoms with Crippen molar-refractivity contribution in [2.75, 3.05) is 0 Å². The topological polar surface area (TPSA) is 84.7 Å². The van der Waals surface area contributed by atoms with Gasteiger partial charge in [0.05, 0.1) is 0 Å². The van der Waals surface area contributed by atoms with Crippen LogP contribution in [0.3, 0.4) is 0 Å². The van der Waals surface area contributed by atoms with Gasteiger partial charge in [-0.15, -0.1) is 0 Å². The Morgan fingerprint density at radius 1 is 1.24 bits per heavy atom. The average Bonchev–Trinajstić information content (AvgIpc) is 2.78. The smallest absolute Gasteiger partial charge is 0.271 e. The molecule has 0 unspecified atom stereocenters. The molecule has 0 radical (unpaired) electrons. The second-order valence-corrected chi connectivity index (χ2v) is 3.31. The molecule has 1 aromatic heterocycles. The van der Waals surface area contributed by atoms with Gasteiger partial charge in [-0.2, -0.15) is 15.4 Å². The van der Waals surface area contributed by atoms with Gasteiger partial charge in [0.25, 0.3) is 12.3 Å². The fraction of sp³-hybridized carbons (Fsp3) is 0.100. The first kappa shape index (κ1) is 11.2. The number of alkyl halides is 2. The third kappa shape index (κ3) is 2.12. The molecule has 0 aliphatic carbocycles. The lowest BCUT2D eigenvalue weighted by Crippen LogP contribution is -2.12. The molecular weight excluding hydrogens is 230 g/mol. The Hall–Kier alpha value is -2.31. The van der Waals surface area contributed by atoms with E-state index in [9.17, 15) is 13.6 Å². The number of nitrogens with two attached hydrogens (primary N) is 1. The van der Waals surface area contributed by atoms with Crippen molar-refractivity contribution in [3.8, 4) is 11.3 Å². The van der Waals surface area contributed by atoms with Crippen LogP contribution in [-0.2, 0) is 0 Å². The highest BCUT2D eigenvalue weighted by Gasteiger charge is 2.15. The van der Waals surface area contributed by atoms with E-state index in [4.69, 9.17) is 5.73 Å². The fourth-order valence-electron chi connectivity index (χ4n) is 1.39. The molecule has 0 aliphatic rings. The Morgan fingerprint density at radius 2 is 1.88 bits per heavy atom. The number of benzene rings is 1. The maximum absolute atomic E-state index is 12.3. The van der Waals surface area contributed by atoms with E-state index in [1.807, 2.05) is 0 Å². The highest BCUT2D eigenvalue weighted by molar-refractivity contribution is 5.96. The van der Waals surface area contributed by atoms with Gasteiger partial charge < -0.3 is 5.73 Å². The Balaban J connectivity index is 2.40. The van der Waals surface area contributed by atoms with Crippen LogP contribution in [0, 0.1) is 0 Å². The van der Waals surface area contributed by atoms with Gasteiger partial charge in [0.2, 0.25) is 0 Å². The largest absolute Gasteiger partial charge is 0.364 e. The van der Waals surface area contributed by atoms with E-state index in [0.29, 0.717) is 5.56 Å². The molecule has 3 N–H and O–H groups in total. The van der Waals surface area contributed by atoms with E-state index in [1.54, 1.807) is 0 Å². The van der Waals surface area contributed by atoms with Gasteiger partial charge >= 0.3 is 0 Å². The van der Waals surface area contributed by atoms with Crippen molar-refractivity contribution in [3.63, 3.8) is 0 Å². The van der Waals surface area contributed by atoms with E-state index in [2.05, 4.69) is 15.4 Å². The first-order valence-electron chi connectivity index (χ1n) is 4.68. The van der Waals surface area contributed by atoms with Gasteiger partial charge in [-0.1, -0.05) is 24.3 Å². The Labute approximate surface area is 94.6 Å². The number of hydrogen-bond acceptors (Lipinski definition) is 3. The van der Waals surface area contributed by atoms with Gasteiger partial charge in [0, 0.05) is 11.1 Å². The molecule has 0 spiro atoms. The minimum Gasteiger partial charge on any atom is -0.364 e. The molecule has 17 heavy (non-hydrogen) atoms. The van der Waals surface area contributed by atoms with Crippen molar-refractivity contribution in [2.24, 2.45) is 5.73 Å². The molecule has 1 amide bonds. The van der Waals surface area contributed by atoms with Crippen LogP contribution in [0.25, 0.3) is 11.3 Å².